The van der Waals surface area contributed by atoms with Gasteiger partial charge in [-0.25, -0.2) is 38.9 Å². The number of aromatic nitrogens is 13. The van der Waals surface area contributed by atoms with Gasteiger partial charge in [0, 0.05) is 126 Å². The minimum atomic E-state index is -4.12. The number of hydrogen-bond donors (Lipinski definition) is 10. The summed E-state index contributed by atoms with van der Waals surface area (Å²) in [5, 5.41) is 73.8. The Morgan fingerprint density at radius 3 is 1.36 bits per heavy atom. The van der Waals surface area contributed by atoms with Crippen molar-refractivity contribution < 1.29 is 93.9 Å². The Labute approximate surface area is 852 Å². The molecule has 0 spiro atoms. The number of ether oxygens (including phenoxy) is 3. The van der Waals surface area contributed by atoms with Gasteiger partial charge < -0.3 is 69.1 Å². The third-order valence-corrected chi connectivity index (χ3v) is 24.3. The summed E-state index contributed by atoms with van der Waals surface area (Å²) in [6.07, 6.45) is 1.26. The SMILES string of the molecule is CC1=CC(=O)n2nc(-c3ccccc3)cc2C1.CCOC(=O)CC(C)=O.C[C@@H]1[C@@H](CO)C[C@@H]([NH3+])[C@@H]1OC(=O)c1ccccc1.Cc1cc(Cl)n2nc(-c3ccccc3)cc2n1.Cc1cc(N[C@@H]2C[C@H](CO)[C@@H](C)[C@H]2OC(=O)c2ccccc2)n2nc(-c3ccccc3)cc2n1.Cc1cc(N[C@@H]2C[C@H](COS(N)(=O)=O)[C@@H](O)[C@H]2O)n2nc(-c3ccccc3)cc2n1.Nc1cc(-c2ccccc2)[nH]n1.O=P(Cl)(Cl)Cl.[Cl-]. The Hall–Kier alpha value is -12.9. The molecule has 3 saturated carbocycles. The highest BCUT2D eigenvalue weighted by atomic mass is 36.0. The number of fused-ring (bicyclic) bond motifs is 4. The van der Waals surface area contributed by atoms with E-state index < -0.39 is 51.7 Å². The highest BCUT2D eigenvalue weighted by Crippen LogP contribution is 2.61. The predicted octanol–water partition coefficient (Wildman–Crippen LogP) is 13.3. The third-order valence-electron chi connectivity index (χ3n) is 23.5. The molecule has 143 heavy (non-hydrogen) atoms. The Morgan fingerprint density at radius 1 is 0.545 bits per heavy atom. The average molecular weight is 2090 g/mol. The molecular weight excluding hydrogens is 1970 g/mol. The van der Waals surface area contributed by atoms with Crippen molar-refractivity contribution >= 4 is 125 Å². The summed E-state index contributed by atoms with van der Waals surface area (Å²) >= 11 is 20.0. The summed E-state index contributed by atoms with van der Waals surface area (Å²) in [4.78, 5) is 70.8. The first-order valence-electron chi connectivity index (χ1n) is 45.5. The largest absolute Gasteiger partial charge is 1.00 e. The van der Waals surface area contributed by atoms with Crippen molar-refractivity contribution in [3.05, 3.63) is 312 Å². The molecule has 1 aliphatic heterocycles. The average Bonchev–Trinajstić information content (AvgIpc) is 1.63. The number of hydrogen-bond acceptors (Lipinski definition) is 27. The van der Waals surface area contributed by atoms with Gasteiger partial charge >= 0.3 is 33.4 Å². The number of nitrogens with one attached hydrogen (secondary N) is 3. The van der Waals surface area contributed by atoms with Crippen LogP contribution in [-0.2, 0) is 49.3 Å². The summed E-state index contributed by atoms with van der Waals surface area (Å²) in [5.41, 5.74) is 26.7. The van der Waals surface area contributed by atoms with Gasteiger partial charge in [-0.15, -0.1) is 0 Å². The number of quaternary nitrogens is 1. The second-order valence-corrected chi connectivity index (χ2v) is 42.6. The van der Waals surface area contributed by atoms with Crippen LogP contribution in [0.15, 0.2) is 273 Å². The fourth-order valence-corrected chi connectivity index (χ4v) is 17.3. The van der Waals surface area contributed by atoms with Crippen LogP contribution in [-0.4, -0.2) is 191 Å². The van der Waals surface area contributed by atoms with Crippen molar-refractivity contribution in [1.82, 2.24) is 63.8 Å². The summed E-state index contributed by atoms with van der Waals surface area (Å²) in [7, 11) is -4.12. The summed E-state index contributed by atoms with van der Waals surface area (Å²) in [6, 6.07) is 82.0. The molecule has 0 saturated heterocycles. The monoisotopic (exact) mass is 2080 g/mol. The Kier molecular flexibility index (Phi) is 40.0. The lowest BCUT2D eigenvalue weighted by atomic mass is 9.98. The number of H-pyrrole nitrogens is 1. The number of ketones is 1. The minimum Gasteiger partial charge on any atom is -1.00 e. The Balaban J connectivity index is 0.000000163. The minimum absolute atomic E-state index is 0. The number of aliphatic hydroxyl groups is 4. The zero-order valence-electron chi connectivity index (χ0n) is 79.4. The first-order valence-corrected chi connectivity index (χ1v) is 51.8. The predicted molar refractivity (Wildman–Crippen MR) is 546 cm³/mol. The van der Waals surface area contributed by atoms with Crippen molar-refractivity contribution in [2.45, 2.75) is 130 Å². The van der Waals surface area contributed by atoms with E-state index in [2.05, 4.69) is 99.5 Å². The van der Waals surface area contributed by atoms with Crippen molar-refractivity contribution in [2.24, 2.45) is 34.7 Å². The number of nitrogens with two attached hydrogens (primary N) is 2. The first kappa shape index (κ1) is 110. The molecule has 15 aromatic rings. The molecule has 0 radical (unpaired) electrons. The molecule has 4 aliphatic rings. The number of rotatable bonds is 21. The second-order valence-electron chi connectivity index (χ2n) is 34.3. The van der Waals surface area contributed by atoms with Gasteiger partial charge in [0.2, 0.25) is 0 Å². The zero-order valence-corrected chi connectivity index (χ0v) is 84.8. The number of carbonyl (C=O) groups excluding carboxylic acids is 5. The molecule has 3 fully saturated rings. The van der Waals surface area contributed by atoms with Crippen molar-refractivity contribution in [1.29, 1.82) is 0 Å². The van der Waals surface area contributed by atoms with E-state index >= 15 is 0 Å². The normalized spacial score (nSPS) is 19.1. The van der Waals surface area contributed by atoms with Gasteiger partial charge in [-0.1, -0.05) is 219 Å². The molecule has 9 heterocycles. The standard InChI is InChI=1S/C27H28N4O3.C19H23N5O5S.C14H12N2O.C14H19NO3.C13H10ClN3.C9H9N3.C6H10O3.Cl3OP.ClH/c1-17-13-24(31-25(28-17)15-22(30-31)19-9-5-3-6-10-19)29-23-14-21(16-32)18(2)26(23)34-27(33)20-11-7-4-8-12-20;1-11-7-16(22-15-8-13(18(25)19(15)26)10-29-30(20,27)28)24-17(21-11)9-14(23-24)12-5-3-2-4-6-12;1-10-7-12-9-13(11-5-3-2-4-6-11)15-16(12)14(17)8-10;1-9-11(8-16)7-12(15)13(9)18-14(17)10-5-3-2-4-6-10;1-9-7-12(14)17-13(15-9)8-11(16-17)10-5-3-2-4-6-10;10-9-6-8(11-12-9)7-4-2-1-3-5-7;1-3-9-6(8)4-5(2)7;1-5(2,3)4;/h3-13,15,18,21,23,26,29,32H,14,16H2,1-2H3;2-7,9,13,15,18-19,22,25-26H,8,10H2,1H3,(H2,20,27,28);2-6,8-9H,7H2,1H3;2-6,9,11-13,16H,7-8,15H2,1H3;2-8H,1H3;1-6H,(H3,10,11,12);3-4H2,1-2H3;;1H/t18-,21-,23-,26-;13-,15-,18-,19+;;9-,11-,12-,13-;;;;;/m11.1...../s1. The highest BCUT2D eigenvalue weighted by molar-refractivity contribution is 8.24. The molecule has 34 nitrogen and oxygen atoms in total. The quantitative estimate of drug-likeness (QED) is 0.0105. The number of allylic oxidation sites excluding steroid dienone is 2. The molecule has 7 aromatic carbocycles. The summed E-state index contributed by atoms with van der Waals surface area (Å²) in [6.45, 7) is 15.0. The molecule has 0 amide bonds. The maximum Gasteiger partial charge on any atom is 0.339 e. The fraction of sp³-hybridized carbons (Fsp3) is 0.284. The molecule has 3 aliphatic carbocycles. The maximum absolute atomic E-state index is 12.8. The van der Waals surface area contributed by atoms with Crippen LogP contribution in [0.3, 0.4) is 0 Å². The first-order chi connectivity index (χ1) is 67.9. The van der Waals surface area contributed by atoms with Crippen molar-refractivity contribution in [3.63, 3.8) is 0 Å². The Morgan fingerprint density at radius 2 is 0.937 bits per heavy atom. The number of esters is 3. The van der Waals surface area contributed by atoms with Crippen LogP contribution in [0.2, 0.25) is 5.15 Å². The fourth-order valence-electron chi connectivity index (χ4n) is 16.6. The summed E-state index contributed by atoms with van der Waals surface area (Å²) < 4.78 is 58.8. The van der Waals surface area contributed by atoms with Crippen molar-refractivity contribution in [3.8, 4) is 56.3 Å². The molecular formula is C102H112Cl5N18O16PS. The van der Waals surface area contributed by atoms with E-state index in [0.717, 1.165) is 115 Å². The number of aliphatic hydroxyl groups excluding tert-OH is 4. The van der Waals surface area contributed by atoms with E-state index in [9.17, 15) is 57.4 Å². The molecule has 8 aromatic heterocycles. The molecule has 12 atom stereocenters. The van der Waals surface area contributed by atoms with E-state index in [-0.39, 0.29) is 111 Å². The number of carbonyl (C=O) groups is 5. The van der Waals surface area contributed by atoms with Crippen LogP contribution in [0.1, 0.15) is 109 Å². The molecule has 0 unspecified atom stereocenters. The van der Waals surface area contributed by atoms with E-state index in [1.54, 1.807) is 62.9 Å². The van der Waals surface area contributed by atoms with Gasteiger partial charge in [-0.2, -0.15) is 42.9 Å². The zero-order chi connectivity index (χ0) is 102. The van der Waals surface area contributed by atoms with Gasteiger partial charge in [-0.05, 0) is 142 Å². The van der Waals surface area contributed by atoms with Crippen LogP contribution < -0.4 is 39.6 Å². The smallest absolute Gasteiger partial charge is 0.339 e. The topological polar surface area (TPSA) is 495 Å². The van der Waals surface area contributed by atoms with Crippen LogP contribution in [0, 0.1) is 50.4 Å². The van der Waals surface area contributed by atoms with Gasteiger partial charge in [0.15, 0.2) is 23.0 Å². The van der Waals surface area contributed by atoms with E-state index in [1.807, 2.05) is 266 Å². The Bertz CT molecular complexity index is 6960. The van der Waals surface area contributed by atoms with E-state index in [0.29, 0.717) is 46.6 Å². The molecule has 752 valence electrons. The lowest BCUT2D eigenvalue weighted by molar-refractivity contribution is -0.433. The molecule has 14 N–H and O–H groups in total. The van der Waals surface area contributed by atoms with Crippen LogP contribution >= 0.6 is 50.5 Å². The number of nitrogens with zero attached hydrogens (tertiary/aromatic N) is 12. The van der Waals surface area contributed by atoms with Gasteiger partial charge in [0.1, 0.15) is 53.1 Å². The van der Waals surface area contributed by atoms with Crippen LogP contribution in [0.4, 0.5) is 17.5 Å². The summed E-state index contributed by atoms with van der Waals surface area (Å²) in [5.74, 6) is 0.374. The van der Waals surface area contributed by atoms with Gasteiger partial charge in [0.25, 0.3) is 5.91 Å². The van der Waals surface area contributed by atoms with Gasteiger partial charge in [0.05, 0.1) is 76.7 Å². The molecule has 19 rings (SSSR count). The number of aromatic amines is 1. The van der Waals surface area contributed by atoms with E-state index in [4.69, 9.17) is 37.0 Å². The van der Waals surface area contributed by atoms with Crippen LogP contribution in [0.5, 0.6) is 0 Å². The van der Waals surface area contributed by atoms with Crippen molar-refractivity contribution in [2.75, 3.05) is 42.8 Å². The number of benzene rings is 7. The number of anilines is 3. The number of halogens is 5. The number of aryl methyl sites for hydroxylation is 3. The maximum atomic E-state index is 12.8. The van der Waals surface area contributed by atoms with Gasteiger partial charge in [-0.3, -0.25) is 28.2 Å². The third kappa shape index (κ3) is 31.5. The van der Waals surface area contributed by atoms with E-state index in [1.165, 1.54) is 11.6 Å². The second kappa shape index (κ2) is 51.8. The van der Waals surface area contributed by atoms with Crippen LogP contribution in [0.25, 0.3) is 73.2 Å². The number of Topliss-reactive ketones (excluding diaryl/α,β-unsaturated/α-hetero) is 1. The lowest BCUT2D eigenvalue weighted by Gasteiger charge is -2.25. The number of nitrogen functional groups attached to an aromatic ring is 1. The molecule has 41 heteroatoms. The molecule has 0 bridgehead atoms. The lowest BCUT2D eigenvalue weighted by Crippen LogP contribution is -3.00. The highest BCUT2D eigenvalue weighted by Gasteiger charge is 2.46.